The summed E-state index contributed by atoms with van der Waals surface area (Å²) in [4.78, 5) is 19.8. The SMILES string of the molecule is O=C(c1ccoc1)N1CC[C@H]2OCCN(CCN3CCCC3)[C@H]2CC1. The number of ether oxygens (including phenoxy) is 1. The molecule has 25 heavy (non-hydrogen) atoms. The van der Waals surface area contributed by atoms with E-state index < -0.39 is 0 Å². The van der Waals surface area contributed by atoms with E-state index in [4.69, 9.17) is 9.15 Å². The van der Waals surface area contributed by atoms with Crippen LogP contribution in [0.15, 0.2) is 23.0 Å². The van der Waals surface area contributed by atoms with Gasteiger partial charge in [-0.1, -0.05) is 0 Å². The number of carbonyl (C=O) groups excluding carboxylic acids is 1. The third-order valence-corrected chi connectivity index (χ3v) is 5.94. The zero-order valence-electron chi connectivity index (χ0n) is 14.9. The summed E-state index contributed by atoms with van der Waals surface area (Å²) in [6.07, 6.45) is 7.98. The van der Waals surface area contributed by atoms with Gasteiger partial charge in [-0.15, -0.1) is 0 Å². The lowest BCUT2D eigenvalue weighted by Gasteiger charge is -2.41. The van der Waals surface area contributed by atoms with E-state index in [1.54, 1.807) is 18.6 Å². The van der Waals surface area contributed by atoms with E-state index in [1.807, 2.05) is 4.90 Å². The normalized spacial score (nSPS) is 28.7. The van der Waals surface area contributed by atoms with Crippen LogP contribution in [0.1, 0.15) is 36.0 Å². The van der Waals surface area contributed by atoms with E-state index in [1.165, 1.54) is 32.5 Å². The second-order valence-electron chi connectivity index (χ2n) is 7.44. The molecule has 0 bridgehead atoms. The average Bonchev–Trinajstić information content (AvgIpc) is 3.30. The molecule has 4 rings (SSSR count). The van der Waals surface area contributed by atoms with Crippen LogP contribution in [0, 0.1) is 0 Å². The van der Waals surface area contributed by atoms with Crippen molar-refractivity contribution in [1.29, 1.82) is 0 Å². The molecule has 3 fully saturated rings. The molecule has 0 N–H and O–H groups in total. The monoisotopic (exact) mass is 347 g/mol. The van der Waals surface area contributed by atoms with Crippen molar-refractivity contribution in [3.05, 3.63) is 24.2 Å². The molecule has 0 aliphatic carbocycles. The number of hydrogen-bond donors (Lipinski definition) is 0. The van der Waals surface area contributed by atoms with Crippen molar-refractivity contribution in [1.82, 2.24) is 14.7 Å². The molecule has 1 aromatic heterocycles. The molecule has 2 atom stereocenters. The van der Waals surface area contributed by atoms with Gasteiger partial charge in [0.05, 0.1) is 24.5 Å². The first-order valence-electron chi connectivity index (χ1n) is 9.71. The van der Waals surface area contributed by atoms with Crippen LogP contribution < -0.4 is 0 Å². The fourth-order valence-electron chi connectivity index (χ4n) is 4.49. The minimum absolute atomic E-state index is 0.0796. The van der Waals surface area contributed by atoms with Crippen LogP contribution >= 0.6 is 0 Å². The summed E-state index contributed by atoms with van der Waals surface area (Å²) in [5.41, 5.74) is 0.650. The van der Waals surface area contributed by atoms with Crippen molar-refractivity contribution in [2.24, 2.45) is 0 Å². The van der Waals surface area contributed by atoms with Gasteiger partial charge in [-0.3, -0.25) is 9.69 Å². The van der Waals surface area contributed by atoms with Crippen molar-refractivity contribution >= 4 is 5.91 Å². The highest BCUT2D eigenvalue weighted by atomic mass is 16.5. The summed E-state index contributed by atoms with van der Waals surface area (Å²) in [7, 11) is 0. The van der Waals surface area contributed by atoms with Crippen LogP contribution in [0.5, 0.6) is 0 Å². The molecule has 0 aromatic carbocycles. The van der Waals surface area contributed by atoms with E-state index in [-0.39, 0.29) is 12.0 Å². The highest BCUT2D eigenvalue weighted by molar-refractivity contribution is 5.93. The number of nitrogens with zero attached hydrogens (tertiary/aromatic N) is 3. The summed E-state index contributed by atoms with van der Waals surface area (Å²) in [6, 6.07) is 2.19. The van der Waals surface area contributed by atoms with E-state index >= 15 is 0 Å². The third-order valence-electron chi connectivity index (χ3n) is 5.94. The number of hydrogen-bond acceptors (Lipinski definition) is 5. The second kappa shape index (κ2) is 7.89. The van der Waals surface area contributed by atoms with Crippen LogP contribution in [0.4, 0.5) is 0 Å². The molecule has 3 aliphatic heterocycles. The molecule has 0 spiro atoms. The molecular weight excluding hydrogens is 318 g/mol. The minimum Gasteiger partial charge on any atom is -0.472 e. The van der Waals surface area contributed by atoms with Crippen molar-refractivity contribution < 1.29 is 13.9 Å². The number of furan rings is 1. The Morgan fingerprint density at radius 1 is 1.08 bits per heavy atom. The van der Waals surface area contributed by atoms with E-state index in [0.717, 1.165) is 45.6 Å². The van der Waals surface area contributed by atoms with Crippen LogP contribution in [0.25, 0.3) is 0 Å². The summed E-state index contributed by atoms with van der Waals surface area (Å²) in [5.74, 6) is 0.0796. The molecule has 0 unspecified atom stereocenters. The van der Waals surface area contributed by atoms with E-state index in [2.05, 4.69) is 9.80 Å². The fourth-order valence-corrected chi connectivity index (χ4v) is 4.49. The Morgan fingerprint density at radius 2 is 1.92 bits per heavy atom. The number of carbonyl (C=O) groups is 1. The largest absolute Gasteiger partial charge is 0.472 e. The van der Waals surface area contributed by atoms with Crippen LogP contribution in [-0.2, 0) is 4.74 Å². The Kier molecular flexibility index (Phi) is 5.39. The molecule has 138 valence electrons. The van der Waals surface area contributed by atoms with E-state index in [0.29, 0.717) is 11.6 Å². The number of morpholine rings is 1. The zero-order chi connectivity index (χ0) is 17.1. The van der Waals surface area contributed by atoms with Crippen LogP contribution in [0.2, 0.25) is 0 Å². The number of fused-ring (bicyclic) bond motifs is 1. The van der Waals surface area contributed by atoms with Gasteiger partial charge in [0.1, 0.15) is 6.26 Å². The highest BCUT2D eigenvalue weighted by Crippen LogP contribution is 2.25. The maximum Gasteiger partial charge on any atom is 0.257 e. The first kappa shape index (κ1) is 17.1. The lowest BCUT2D eigenvalue weighted by Crippen LogP contribution is -2.53. The Balaban J connectivity index is 1.36. The lowest BCUT2D eigenvalue weighted by atomic mass is 10.0. The molecule has 0 radical (unpaired) electrons. The molecule has 1 amide bonds. The number of amides is 1. The van der Waals surface area contributed by atoms with Gasteiger partial charge >= 0.3 is 0 Å². The number of rotatable bonds is 4. The van der Waals surface area contributed by atoms with Crippen molar-refractivity contribution in [3.63, 3.8) is 0 Å². The maximum absolute atomic E-state index is 12.6. The predicted octanol–water partition coefficient (Wildman–Crippen LogP) is 1.68. The molecular formula is C19H29N3O3. The molecule has 3 saturated heterocycles. The highest BCUT2D eigenvalue weighted by Gasteiger charge is 2.35. The van der Waals surface area contributed by atoms with Crippen LogP contribution in [-0.4, -0.2) is 85.2 Å². The Bertz CT molecular complexity index is 556. The fraction of sp³-hybridized carbons (Fsp3) is 0.737. The number of likely N-dealkylation sites (tertiary alicyclic amines) is 2. The predicted molar refractivity (Wildman–Crippen MR) is 94.6 cm³/mol. The first-order valence-corrected chi connectivity index (χ1v) is 9.71. The van der Waals surface area contributed by atoms with Gasteiger partial charge < -0.3 is 19.0 Å². The van der Waals surface area contributed by atoms with Crippen LogP contribution in [0.3, 0.4) is 0 Å². The van der Waals surface area contributed by atoms with Gasteiger partial charge in [-0.2, -0.15) is 0 Å². The second-order valence-corrected chi connectivity index (χ2v) is 7.44. The van der Waals surface area contributed by atoms with E-state index in [9.17, 15) is 4.79 Å². The first-order chi connectivity index (χ1) is 12.3. The summed E-state index contributed by atoms with van der Waals surface area (Å²) in [5, 5.41) is 0. The van der Waals surface area contributed by atoms with Crippen molar-refractivity contribution in [3.8, 4) is 0 Å². The molecule has 4 heterocycles. The zero-order valence-corrected chi connectivity index (χ0v) is 14.9. The van der Waals surface area contributed by atoms with Gasteiger partial charge in [-0.25, -0.2) is 0 Å². The van der Waals surface area contributed by atoms with Crippen molar-refractivity contribution in [2.75, 3.05) is 52.4 Å². The molecule has 6 heteroatoms. The summed E-state index contributed by atoms with van der Waals surface area (Å²) in [6.45, 7) is 8.21. The minimum atomic E-state index is 0.0796. The van der Waals surface area contributed by atoms with Gasteiger partial charge in [0, 0.05) is 38.8 Å². The standard InChI is InChI=1S/C19H29N3O3/c23-19(16-5-13-24-15-16)22-8-3-17-18(4-9-22)25-14-12-21(17)11-10-20-6-1-2-7-20/h5,13,15,17-18H,1-4,6-12,14H2/t17-,18+/m0/s1. The summed E-state index contributed by atoms with van der Waals surface area (Å²) >= 11 is 0. The average molecular weight is 347 g/mol. The Morgan fingerprint density at radius 3 is 2.72 bits per heavy atom. The summed E-state index contributed by atoms with van der Waals surface area (Å²) < 4.78 is 11.1. The maximum atomic E-state index is 12.6. The third kappa shape index (κ3) is 3.91. The van der Waals surface area contributed by atoms with Gasteiger partial charge in [-0.05, 0) is 44.8 Å². The molecule has 1 aromatic rings. The topological polar surface area (TPSA) is 49.2 Å². The molecule has 6 nitrogen and oxygen atoms in total. The smallest absolute Gasteiger partial charge is 0.257 e. The molecule has 3 aliphatic rings. The van der Waals surface area contributed by atoms with Gasteiger partial charge in [0.15, 0.2) is 0 Å². The van der Waals surface area contributed by atoms with Gasteiger partial charge in [0.2, 0.25) is 0 Å². The molecule has 0 saturated carbocycles. The Hall–Kier alpha value is -1.37. The van der Waals surface area contributed by atoms with Gasteiger partial charge in [0.25, 0.3) is 5.91 Å². The Labute approximate surface area is 149 Å². The lowest BCUT2D eigenvalue weighted by molar-refractivity contribution is -0.0727. The quantitative estimate of drug-likeness (QED) is 0.829. The van der Waals surface area contributed by atoms with Crippen molar-refractivity contribution in [2.45, 2.75) is 37.8 Å².